The van der Waals surface area contributed by atoms with Crippen LogP contribution in [0.1, 0.15) is 13.3 Å². The summed E-state index contributed by atoms with van der Waals surface area (Å²) in [6, 6.07) is 5.01. The molecular weight excluding hydrogens is 286 g/mol. The van der Waals surface area contributed by atoms with Gasteiger partial charge in [0, 0.05) is 6.04 Å². The summed E-state index contributed by atoms with van der Waals surface area (Å²) < 4.78 is 31.2. The van der Waals surface area contributed by atoms with Gasteiger partial charge in [0.15, 0.2) is 0 Å². The van der Waals surface area contributed by atoms with Crippen molar-refractivity contribution in [2.45, 2.75) is 24.3 Å². The Bertz CT molecular complexity index is 540. The number of aliphatic carboxylic acids is 1. The number of aliphatic hydroxyl groups is 1. The molecule has 8 heteroatoms. The topological polar surface area (TPSA) is 113 Å². The lowest BCUT2D eigenvalue weighted by molar-refractivity contribution is -0.137. The van der Waals surface area contributed by atoms with Crippen LogP contribution in [0.15, 0.2) is 29.2 Å². The quantitative estimate of drug-likeness (QED) is 0.632. The first-order chi connectivity index (χ1) is 9.35. The van der Waals surface area contributed by atoms with Crippen LogP contribution in [0, 0.1) is 0 Å². The van der Waals surface area contributed by atoms with Gasteiger partial charge in [0.05, 0.1) is 24.5 Å². The van der Waals surface area contributed by atoms with Crippen LogP contribution >= 0.6 is 0 Å². The Balaban J connectivity index is 2.68. The Morgan fingerprint density at radius 1 is 1.35 bits per heavy atom. The second-order valence-electron chi connectivity index (χ2n) is 4.17. The molecule has 20 heavy (non-hydrogen) atoms. The molecule has 0 aromatic heterocycles. The molecule has 3 N–H and O–H groups in total. The highest BCUT2D eigenvalue weighted by Crippen LogP contribution is 2.16. The molecule has 112 valence electrons. The van der Waals surface area contributed by atoms with Gasteiger partial charge in [-0.25, -0.2) is 13.1 Å². The molecule has 0 aliphatic heterocycles. The Kier molecular flexibility index (Phi) is 5.93. The number of ether oxygens (including phenoxy) is 1. The third-order valence-corrected chi connectivity index (χ3v) is 3.95. The predicted octanol–water partition coefficient (Wildman–Crippen LogP) is 0.199. The van der Waals surface area contributed by atoms with Gasteiger partial charge >= 0.3 is 5.97 Å². The predicted molar refractivity (Wildman–Crippen MR) is 71.1 cm³/mol. The molecule has 0 saturated carbocycles. The largest absolute Gasteiger partial charge is 0.493 e. The molecule has 1 atom stereocenters. The first-order valence-electron chi connectivity index (χ1n) is 5.93. The van der Waals surface area contributed by atoms with Crippen LogP contribution in [0.25, 0.3) is 0 Å². The third kappa shape index (κ3) is 5.16. The van der Waals surface area contributed by atoms with Gasteiger partial charge in [-0.3, -0.25) is 4.79 Å². The van der Waals surface area contributed by atoms with Gasteiger partial charge in [-0.15, -0.1) is 0 Å². The highest BCUT2D eigenvalue weighted by molar-refractivity contribution is 7.89. The molecule has 0 saturated heterocycles. The fourth-order valence-corrected chi connectivity index (χ4v) is 2.58. The van der Waals surface area contributed by atoms with Crippen LogP contribution in [0.3, 0.4) is 0 Å². The maximum Gasteiger partial charge on any atom is 0.306 e. The number of carboxylic acid groups (broad SMARTS) is 1. The van der Waals surface area contributed by atoms with Gasteiger partial charge in [0.2, 0.25) is 10.0 Å². The molecule has 0 aliphatic carbocycles. The maximum atomic E-state index is 11.9. The van der Waals surface area contributed by atoms with E-state index in [9.17, 15) is 13.2 Å². The minimum absolute atomic E-state index is 0.0151. The molecule has 1 aromatic rings. The lowest BCUT2D eigenvalue weighted by atomic mass is 10.3. The summed E-state index contributed by atoms with van der Waals surface area (Å²) in [6.07, 6.45) is -0.129. The highest BCUT2D eigenvalue weighted by atomic mass is 32.2. The number of nitrogens with one attached hydrogen (secondary N) is 1. The Hall–Kier alpha value is -1.64. The van der Waals surface area contributed by atoms with E-state index in [1.165, 1.54) is 24.3 Å². The molecule has 0 heterocycles. The molecular formula is C12H17NO6S. The summed E-state index contributed by atoms with van der Waals surface area (Å²) in [5, 5.41) is 17.3. The van der Waals surface area contributed by atoms with E-state index >= 15 is 0 Å². The van der Waals surface area contributed by atoms with E-state index in [0.29, 0.717) is 5.75 Å². The first-order valence-corrected chi connectivity index (χ1v) is 7.41. The molecule has 0 amide bonds. The molecule has 0 aliphatic rings. The zero-order chi connectivity index (χ0) is 15.2. The highest BCUT2D eigenvalue weighted by Gasteiger charge is 2.16. The normalized spacial score (nSPS) is 12.9. The lowest BCUT2D eigenvalue weighted by Gasteiger charge is -2.12. The zero-order valence-corrected chi connectivity index (χ0v) is 11.8. The van der Waals surface area contributed by atoms with E-state index in [4.69, 9.17) is 14.9 Å². The summed E-state index contributed by atoms with van der Waals surface area (Å²) >= 11 is 0. The number of aliphatic hydroxyl groups excluding tert-OH is 1. The number of rotatable bonds is 8. The summed E-state index contributed by atoms with van der Waals surface area (Å²) in [5.74, 6) is -0.577. The number of carbonyl (C=O) groups is 1. The number of benzene rings is 1. The van der Waals surface area contributed by atoms with Crippen molar-refractivity contribution in [3.63, 3.8) is 0 Å². The standard InChI is InChI=1S/C12H17NO6S/c1-9(8-14)13-20(17,18)11-4-2-10(3-5-11)19-7-6-12(15)16/h2-5,9,13-14H,6-8H2,1H3,(H,15,16)/t9-/m1/s1. The van der Waals surface area contributed by atoms with Gasteiger partial charge in [-0.1, -0.05) is 0 Å². The van der Waals surface area contributed by atoms with E-state index in [1.54, 1.807) is 6.92 Å². The van der Waals surface area contributed by atoms with Gasteiger partial charge < -0.3 is 14.9 Å². The SMILES string of the molecule is C[C@H](CO)NS(=O)(=O)c1ccc(OCCC(=O)O)cc1. The van der Waals surface area contributed by atoms with Gasteiger partial charge in [-0.2, -0.15) is 0 Å². The van der Waals surface area contributed by atoms with Crippen LogP contribution in [0.5, 0.6) is 5.75 Å². The number of carboxylic acids is 1. The van der Waals surface area contributed by atoms with Crippen LogP contribution < -0.4 is 9.46 Å². The smallest absolute Gasteiger partial charge is 0.306 e. The van der Waals surface area contributed by atoms with E-state index < -0.39 is 22.0 Å². The number of hydrogen-bond donors (Lipinski definition) is 3. The molecule has 0 fully saturated rings. The average molecular weight is 303 g/mol. The second kappa shape index (κ2) is 7.22. The van der Waals surface area contributed by atoms with Crippen molar-refractivity contribution >= 4 is 16.0 Å². The number of sulfonamides is 1. The fourth-order valence-electron chi connectivity index (χ4n) is 1.34. The second-order valence-corrected chi connectivity index (χ2v) is 5.88. The molecule has 1 aromatic carbocycles. The molecule has 1 rings (SSSR count). The Morgan fingerprint density at radius 2 is 1.95 bits per heavy atom. The minimum atomic E-state index is -3.68. The third-order valence-electron chi connectivity index (χ3n) is 2.35. The van der Waals surface area contributed by atoms with Crippen LogP contribution in [-0.2, 0) is 14.8 Å². The van der Waals surface area contributed by atoms with E-state index in [-0.39, 0.29) is 24.5 Å². The maximum absolute atomic E-state index is 11.9. The van der Waals surface area contributed by atoms with Crippen molar-refractivity contribution in [1.82, 2.24) is 4.72 Å². The summed E-state index contributed by atoms with van der Waals surface area (Å²) in [4.78, 5) is 10.4. The summed E-state index contributed by atoms with van der Waals surface area (Å²) in [7, 11) is -3.68. The number of hydrogen-bond acceptors (Lipinski definition) is 5. The Labute approximate surface area is 117 Å². The van der Waals surface area contributed by atoms with Crippen LogP contribution in [0.4, 0.5) is 0 Å². The fraction of sp³-hybridized carbons (Fsp3) is 0.417. The monoisotopic (exact) mass is 303 g/mol. The molecule has 0 spiro atoms. The van der Waals surface area contributed by atoms with E-state index in [1.807, 2.05) is 0 Å². The zero-order valence-electron chi connectivity index (χ0n) is 10.9. The van der Waals surface area contributed by atoms with Gasteiger partial charge in [-0.05, 0) is 31.2 Å². The van der Waals surface area contributed by atoms with Crippen LogP contribution in [0.2, 0.25) is 0 Å². The van der Waals surface area contributed by atoms with Crippen LogP contribution in [-0.4, -0.2) is 43.9 Å². The average Bonchev–Trinajstić information content (AvgIpc) is 2.38. The van der Waals surface area contributed by atoms with Crippen molar-refractivity contribution in [3.8, 4) is 5.75 Å². The molecule has 0 bridgehead atoms. The summed E-state index contributed by atoms with van der Waals surface area (Å²) in [5.41, 5.74) is 0. The molecule has 7 nitrogen and oxygen atoms in total. The van der Waals surface area contributed by atoms with Gasteiger partial charge in [0.25, 0.3) is 0 Å². The van der Waals surface area contributed by atoms with Crippen molar-refractivity contribution in [1.29, 1.82) is 0 Å². The molecule has 0 radical (unpaired) electrons. The van der Waals surface area contributed by atoms with E-state index in [2.05, 4.69) is 4.72 Å². The van der Waals surface area contributed by atoms with Crippen molar-refractivity contribution in [2.75, 3.05) is 13.2 Å². The minimum Gasteiger partial charge on any atom is -0.493 e. The lowest BCUT2D eigenvalue weighted by Crippen LogP contribution is -2.34. The first kappa shape index (κ1) is 16.4. The van der Waals surface area contributed by atoms with Crippen molar-refractivity contribution in [2.24, 2.45) is 0 Å². The summed E-state index contributed by atoms with van der Waals surface area (Å²) in [6.45, 7) is 1.26. The van der Waals surface area contributed by atoms with Gasteiger partial charge in [0.1, 0.15) is 5.75 Å². The molecule has 0 unspecified atom stereocenters. The van der Waals surface area contributed by atoms with E-state index in [0.717, 1.165) is 0 Å². The van der Waals surface area contributed by atoms with Crippen molar-refractivity contribution in [3.05, 3.63) is 24.3 Å². The van der Waals surface area contributed by atoms with Crippen molar-refractivity contribution < 1.29 is 28.2 Å². The Morgan fingerprint density at radius 3 is 2.45 bits per heavy atom.